The summed E-state index contributed by atoms with van der Waals surface area (Å²) in [6, 6.07) is 5.08. The van der Waals surface area contributed by atoms with Gasteiger partial charge in [-0.1, -0.05) is 6.92 Å². The number of aryl methyl sites for hydroxylation is 1. The summed E-state index contributed by atoms with van der Waals surface area (Å²) in [6.45, 7) is 4.60. The van der Waals surface area contributed by atoms with Crippen LogP contribution in [0.25, 0.3) is 0 Å². The van der Waals surface area contributed by atoms with E-state index in [4.69, 9.17) is 9.84 Å². The molecule has 0 aliphatic carbocycles. The number of hydrogen-bond donors (Lipinski definition) is 1. The summed E-state index contributed by atoms with van der Waals surface area (Å²) in [5, 5.41) is 8.89. The molecule has 0 saturated carbocycles. The lowest BCUT2D eigenvalue weighted by atomic mass is 10.1. The second-order valence-electron chi connectivity index (χ2n) is 3.68. The van der Waals surface area contributed by atoms with Gasteiger partial charge in [0.25, 0.3) is 0 Å². The fourth-order valence-corrected chi connectivity index (χ4v) is 2.07. The second-order valence-corrected chi connectivity index (χ2v) is 5.07. The molecular formula is C13H18O3S. The third kappa shape index (κ3) is 4.69. The highest BCUT2D eigenvalue weighted by Crippen LogP contribution is 2.17. The fourth-order valence-electron chi connectivity index (χ4n) is 1.46. The van der Waals surface area contributed by atoms with Crippen molar-refractivity contribution >= 4 is 17.7 Å². The summed E-state index contributed by atoms with van der Waals surface area (Å²) >= 11 is 1.90. The Morgan fingerprint density at radius 1 is 1.47 bits per heavy atom. The zero-order valence-electron chi connectivity index (χ0n) is 10.2. The van der Waals surface area contributed by atoms with Crippen LogP contribution in [0.1, 0.15) is 29.3 Å². The number of aromatic carboxylic acids is 1. The maximum atomic E-state index is 10.8. The molecule has 0 aliphatic heterocycles. The highest BCUT2D eigenvalue weighted by Gasteiger charge is 2.07. The minimum atomic E-state index is -0.895. The molecule has 17 heavy (non-hydrogen) atoms. The molecule has 1 aromatic rings. The minimum Gasteiger partial charge on any atom is -0.494 e. The third-order valence-electron chi connectivity index (χ3n) is 2.33. The molecule has 1 rings (SSSR count). The molecular weight excluding hydrogens is 236 g/mol. The fraction of sp³-hybridized carbons (Fsp3) is 0.462. The summed E-state index contributed by atoms with van der Waals surface area (Å²) in [4.78, 5) is 10.8. The van der Waals surface area contributed by atoms with E-state index in [0.717, 1.165) is 29.2 Å². The van der Waals surface area contributed by atoms with Crippen molar-refractivity contribution in [3.05, 3.63) is 29.3 Å². The van der Waals surface area contributed by atoms with E-state index in [2.05, 4.69) is 6.92 Å². The van der Waals surface area contributed by atoms with Crippen molar-refractivity contribution in [2.24, 2.45) is 0 Å². The van der Waals surface area contributed by atoms with Gasteiger partial charge < -0.3 is 9.84 Å². The summed E-state index contributed by atoms with van der Waals surface area (Å²) in [5.74, 6) is 2.08. The standard InChI is InChI=1S/C13H18O3S/c1-3-17-8-4-7-16-11-5-6-12(13(14)15)10(2)9-11/h5-6,9H,3-4,7-8H2,1-2H3,(H,14,15). The van der Waals surface area contributed by atoms with E-state index in [0.29, 0.717) is 12.2 Å². The van der Waals surface area contributed by atoms with Crippen molar-refractivity contribution in [3.8, 4) is 5.75 Å². The predicted molar refractivity (Wildman–Crippen MR) is 71.2 cm³/mol. The van der Waals surface area contributed by atoms with E-state index < -0.39 is 5.97 Å². The molecule has 0 radical (unpaired) electrons. The van der Waals surface area contributed by atoms with Crippen LogP contribution >= 0.6 is 11.8 Å². The van der Waals surface area contributed by atoms with Gasteiger partial charge in [0.1, 0.15) is 5.75 Å². The lowest BCUT2D eigenvalue weighted by Crippen LogP contribution is -2.02. The number of hydrogen-bond acceptors (Lipinski definition) is 3. The summed E-state index contributed by atoms with van der Waals surface area (Å²) in [5.41, 5.74) is 1.07. The molecule has 0 aliphatic rings. The SMILES string of the molecule is CCSCCCOc1ccc(C(=O)O)c(C)c1. The van der Waals surface area contributed by atoms with Crippen molar-refractivity contribution < 1.29 is 14.6 Å². The van der Waals surface area contributed by atoms with Crippen LogP contribution in [0.5, 0.6) is 5.75 Å². The second kappa shape index (κ2) is 7.22. The van der Waals surface area contributed by atoms with Crippen molar-refractivity contribution in [2.45, 2.75) is 20.3 Å². The number of carboxylic acid groups (broad SMARTS) is 1. The van der Waals surface area contributed by atoms with Gasteiger partial charge in [-0.2, -0.15) is 11.8 Å². The molecule has 3 nitrogen and oxygen atoms in total. The Labute approximate surface area is 106 Å². The van der Waals surface area contributed by atoms with E-state index in [1.807, 2.05) is 11.8 Å². The molecule has 0 saturated heterocycles. The van der Waals surface area contributed by atoms with Crippen LogP contribution in [-0.4, -0.2) is 29.2 Å². The molecule has 1 N–H and O–H groups in total. The number of benzene rings is 1. The van der Waals surface area contributed by atoms with Crippen molar-refractivity contribution in [2.75, 3.05) is 18.1 Å². The number of rotatable bonds is 7. The van der Waals surface area contributed by atoms with Crippen molar-refractivity contribution in [1.29, 1.82) is 0 Å². The maximum absolute atomic E-state index is 10.8. The van der Waals surface area contributed by atoms with Gasteiger partial charge in [-0.25, -0.2) is 4.79 Å². The molecule has 0 spiro atoms. The molecule has 1 aromatic carbocycles. The number of thioether (sulfide) groups is 1. The van der Waals surface area contributed by atoms with E-state index in [1.54, 1.807) is 25.1 Å². The minimum absolute atomic E-state index is 0.332. The molecule has 94 valence electrons. The molecule has 4 heteroatoms. The molecule has 0 heterocycles. The highest BCUT2D eigenvalue weighted by molar-refractivity contribution is 7.99. The van der Waals surface area contributed by atoms with E-state index in [-0.39, 0.29) is 0 Å². The highest BCUT2D eigenvalue weighted by atomic mass is 32.2. The van der Waals surface area contributed by atoms with E-state index >= 15 is 0 Å². The van der Waals surface area contributed by atoms with Crippen molar-refractivity contribution in [3.63, 3.8) is 0 Å². The van der Waals surface area contributed by atoms with Gasteiger partial charge in [0, 0.05) is 0 Å². The first-order chi connectivity index (χ1) is 8.15. The first-order valence-corrected chi connectivity index (χ1v) is 6.85. The zero-order chi connectivity index (χ0) is 12.7. The monoisotopic (exact) mass is 254 g/mol. The summed E-state index contributed by atoms with van der Waals surface area (Å²) in [7, 11) is 0. The van der Waals surface area contributed by atoms with Crippen LogP contribution in [0, 0.1) is 6.92 Å². The molecule has 0 fully saturated rings. The number of ether oxygens (including phenoxy) is 1. The lowest BCUT2D eigenvalue weighted by Gasteiger charge is -2.08. The Bertz CT molecular complexity index is 377. The Morgan fingerprint density at radius 2 is 2.24 bits per heavy atom. The normalized spacial score (nSPS) is 10.2. The van der Waals surface area contributed by atoms with Crippen LogP contribution in [-0.2, 0) is 0 Å². The molecule has 0 unspecified atom stereocenters. The van der Waals surface area contributed by atoms with Gasteiger partial charge >= 0.3 is 5.97 Å². The van der Waals surface area contributed by atoms with Gasteiger partial charge in [-0.05, 0) is 48.6 Å². The predicted octanol–water partition coefficient (Wildman–Crippen LogP) is 3.22. The average Bonchev–Trinajstić information content (AvgIpc) is 2.28. The smallest absolute Gasteiger partial charge is 0.335 e. The first-order valence-electron chi connectivity index (χ1n) is 5.69. The van der Waals surface area contributed by atoms with E-state index in [1.165, 1.54) is 0 Å². The zero-order valence-corrected chi connectivity index (χ0v) is 11.0. The average molecular weight is 254 g/mol. The van der Waals surface area contributed by atoms with Gasteiger partial charge in [0.15, 0.2) is 0 Å². The Hall–Kier alpha value is -1.16. The molecule has 0 atom stereocenters. The van der Waals surface area contributed by atoms with Crippen LogP contribution in [0.4, 0.5) is 0 Å². The largest absolute Gasteiger partial charge is 0.494 e. The van der Waals surface area contributed by atoms with Gasteiger partial charge in [0.05, 0.1) is 12.2 Å². The Kier molecular flexibility index (Phi) is 5.91. The maximum Gasteiger partial charge on any atom is 0.335 e. The Balaban J connectivity index is 2.45. The van der Waals surface area contributed by atoms with Crippen LogP contribution < -0.4 is 4.74 Å². The van der Waals surface area contributed by atoms with Gasteiger partial charge in [-0.15, -0.1) is 0 Å². The Morgan fingerprint density at radius 3 is 2.82 bits per heavy atom. The number of carbonyl (C=O) groups is 1. The van der Waals surface area contributed by atoms with Crippen LogP contribution in [0.3, 0.4) is 0 Å². The van der Waals surface area contributed by atoms with Crippen molar-refractivity contribution in [1.82, 2.24) is 0 Å². The lowest BCUT2D eigenvalue weighted by molar-refractivity contribution is 0.0696. The topological polar surface area (TPSA) is 46.5 Å². The van der Waals surface area contributed by atoms with Gasteiger partial charge in [-0.3, -0.25) is 0 Å². The third-order valence-corrected chi connectivity index (χ3v) is 3.32. The molecule has 0 aromatic heterocycles. The molecule has 0 amide bonds. The summed E-state index contributed by atoms with van der Waals surface area (Å²) in [6.07, 6.45) is 1.01. The van der Waals surface area contributed by atoms with Gasteiger partial charge in [0.2, 0.25) is 0 Å². The summed E-state index contributed by atoms with van der Waals surface area (Å²) < 4.78 is 5.56. The molecule has 0 bridgehead atoms. The van der Waals surface area contributed by atoms with Crippen LogP contribution in [0.2, 0.25) is 0 Å². The first kappa shape index (κ1) is 13.9. The quantitative estimate of drug-likeness (QED) is 0.759. The van der Waals surface area contributed by atoms with E-state index in [9.17, 15) is 4.79 Å². The van der Waals surface area contributed by atoms with Crippen LogP contribution in [0.15, 0.2) is 18.2 Å². The number of carboxylic acids is 1.